The van der Waals surface area contributed by atoms with Crippen molar-refractivity contribution in [2.45, 2.75) is 133 Å². The summed E-state index contributed by atoms with van der Waals surface area (Å²) in [6.07, 6.45) is -3.65. The number of nitrogens with one attached hydrogen (secondary N) is 9. The Labute approximate surface area is 393 Å². The number of carbonyl (C=O) groups is 12. The van der Waals surface area contributed by atoms with Gasteiger partial charge in [0.15, 0.2) is 0 Å². The Balaban J connectivity index is 3.28. The van der Waals surface area contributed by atoms with Crippen molar-refractivity contribution in [1.29, 1.82) is 0 Å². The highest BCUT2D eigenvalue weighted by Gasteiger charge is 2.37. The van der Waals surface area contributed by atoms with Crippen LogP contribution in [-0.2, 0) is 64.0 Å². The van der Waals surface area contributed by atoms with Crippen molar-refractivity contribution >= 4 is 71.0 Å². The molecule has 0 spiro atoms. The van der Waals surface area contributed by atoms with Crippen molar-refractivity contribution in [1.82, 2.24) is 52.5 Å². The summed E-state index contributed by atoms with van der Waals surface area (Å²) in [7, 11) is 0. The molecule has 1 aromatic heterocycles. The van der Waals surface area contributed by atoms with E-state index in [1.54, 1.807) is 0 Å². The number of aliphatic hydroxyl groups excluding tert-OH is 3. The summed E-state index contributed by atoms with van der Waals surface area (Å²) in [4.78, 5) is 158. The van der Waals surface area contributed by atoms with E-state index in [4.69, 9.17) is 22.3 Å². The van der Waals surface area contributed by atoms with Gasteiger partial charge in [0.1, 0.15) is 48.3 Å². The monoisotopic (exact) mass is 985 g/mol. The predicted octanol–water partition coefficient (Wildman–Crippen LogP) is -8.32. The normalized spacial score (nSPS) is 15.4. The highest BCUT2D eigenvalue weighted by atomic mass is 16.4. The SMILES string of the molecule is CC(C)[C@H](NC(=O)[C@@H](NC(=O)[C@H](Cc1cnc[nH]1)NC(=O)[C@H](CCC(N)=O)NC(=O)[C@@H](N)[C@@H](C)O)[C@@H](C)O)C(=O)N[C@@H](CCC(N)=O)C(=O)N[C@@H](CO)C(=O)NCC(=O)N[C@@H](CCC(=O)O)C(=O)O. The zero-order valence-corrected chi connectivity index (χ0v) is 38.2. The quantitative estimate of drug-likeness (QED) is 0.0319. The van der Waals surface area contributed by atoms with Crippen LogP contribution in [0.4, 0.5) is 0 Å². The van der Waals surface area contributed by atoms with Gasteiger partial charge < -0.3 is 90.3 Å². The molecule has 1 rings (SSSR count). The van der Waals surface area contributed by atoms with E-state index in [-0.39, 0.29) is 18.5 Å². The van der Waals surface area contributed by atoms with Crippen molar-refractivity contribution < 1.29 is 83.1 Å². The highest BCUT2D eigenvalue weighted by molar-refractivity contribution is 5.98. The maximum absolute atomic E-state index is 13.8. The Kier molecular flexibility index (Phi) is 25.5. The summed E-state index contributed by atoms with van der Waals surface area (Å²) in [6.45, 7) is 3.29. The lowest BCUT2D eigenvalue weighted by Gasteiger charge is -2.29. The first-order valence-corrected chi connectivity index (χ1v) is 21.3. The summed E-state index contributed by atoms with van der Waals surface area (Å²) >= 11 is 0. The molecular weight excluding hydrogens is 923 g/mol. The number of carboxylic acid groups (broad SMARTS) is 2. The van der Waals surface area contributed by atoms with E-state index in [2.05, 4.69) is 47.2 Å². The van der Waals surface area contributed by atoms with Crippen molar-refractivity contribution in [2.24, 2.45) is 23.1 Å². The number of hydrogen-bond acceptors (Lipinski definition) is 17. The van der Waals surface area contributed by atoms with Gasteiger partial charge in [-0.1, -0.05) is 13.8 Å². The first kappa shape index (κ1) is 59.7. The number of carboxylic acids is 2. The second-order valence-corrected chi connectivity index (χ2v) is 16.1. The Hall–Kier alpha value is -7.31. The molecule has 30 heteroatoms. The van der Waals surface area contributed by atoms with Crippen LogP contribution in [-0.4, -0.2) is 180 Å². The van der Waals surface area contributed by atoms with Gasteiger partial charge in [-0.3, -0.25) is 52.7 Å². The molecule has 1 heterocycles. The van der Waals surface area contributed by atoms with Gasteiger partial charge in [0.2, 0.25) is 59.1 Å². The summed E-state index contributed by atoms with van der Waals surface area (Å²) < 4.78 is 0. The molecule has 0 saturated carbocycles. The van der Waals surface area contributed by atoms with Crippen LogP contribution >= 0.6 is 0 Å². The van der Waals surface area contributed by atoms with Crippen LogP contribution < -0.4 is 59.7 Å². The van der Waals surface area contributed by atoms with Gasteiger partial charge in [0.25, 0.3) is 0 Å². The van der Waals surface area contributed by atoms with Gasteiger partial charge in [-0.25, -0.2) is 9.78 Å². The van der Waals surface area contributed by atoms with E-state index in [0.29, 0.717) is 0 Å². The summed E-state index contributed by atoms with van der Waals surface area (Å²) in [6, 6.07) is -13.1. The average Bonchev–Trinajstić information content (AvgIpc) is 3.78. The van der Waals surface area contributed by atoms with Gasteiger partial charge in [0.05, 0.1) is 31.7 Å². The molecule has 10 atom stereocenters. The smallest absolute Gasteiger partial charge is 0.326 e. The molecule has 0 bridgehead atoms. The van der Waals surface area contributed by atoms with Crippen LogP contribution in [0.2, 0.25) is 0 Å². The van der Waals surface area contributed by atoms with Gasteiger partial charge in [0, 0.05) is 37.6 Å². The second kappa shape index (κ2) is 29.4. The highest BCUT2D eigenvalue weighted by Crippen LogP contribution is 2.09. The van der Waals surface area contributed by atoms with Gasteiger partial charge >= 0.3 is 11.9 Å². The van der Waals surface area contributed by atoms with E-state index < -0.39 is 183 Å². The van der Waals surface area contributed by atoms with E-state index in [0.717, 1.165) is 6.92 Å². The van der Waals surface area contributed by atoms with Gasteiger partial charge in [-0.15, -0.1) is 0 Å². The fourth-order valence-corrected chi connectivity index (χ4v) is 5.92. The van der Waals surface area contributed by atoms with Crippen LogP contribution in [0.1, 0.15) is 71.9 Å². The Morgan fingerprint density at radius 1 is 0.594 bits per heavy atom. The first-order valence-electron chi connectivity index (χ1n) is 21.3. The zero-order chi connectivity index (χ0) is 52.7. The zero-order valence-electron chi connectivity index (χ0n) is 38.2. The molecule has 0 aliphatic heterocycles. The van der Waals surface area contributed by atoms with Crippen molar-refractivity contribution in [3.8, 4) is 0 Å². The van der Waals surface area contributed by atoms with Crippen LogP contribution in [0.5, 0.6) is 0 Å². The lowest BCUT2D eigenvalue weighted by molar-refractivity contribution is -0.143. The van der Waals surface area contributed by atoms with Gasteiger partial charge in [-0.05, 0) is 39.0 Å². The number of aromatic nitrogens is 2. The van der Waals surface area contributed by atoms with E-state index in [1.165, 1.54) is 33.3 Å². The predicted molar refractivity (Wildman–Crippen MR) is 233 cm³/mol. The molecule has 10 amide bonds. The maximum Gasteiger partial charge on any atom is 0.326 e. The fraction of sp³-hybridized carbons (Fsp3) is 0.615. The molecule has 0 aromatic carbocycles. The average molecular weight is 986 g/mol. The number of aromatic amines is 1. The summed E-state index contributed by atoms with van der Waals surface area (Å²) in [5.41, 5.74) is 16.5. The number of amides is 10. The molecule has 386 valence electrons. The first-order chi connectivity index (χ1) is 32.2. The molecular formula is C39H63N13O17. The number of rotatable bonds is 32. The van der Waals surface area contributed by atoms with Crippen LogP contribution in [0, 0.1) is 5.92 Å². The number of H-pyrrole nitrogens is 1. The third kappa shape index (κ3) is 21.9. The molecule has 69 heavy (non-hydrogen) atoms. The summed E-state index contributed by atoms with van der Waals surface area (Å²) in [5, 5.41) is 66.3. The van der Waals surface area contributed by atoms with Gasteiger partial charge in [-0.2, -0.15) is 0 Å². The van der Waals surface area contributed by atoms with E-state index in [9.17, 15) is 78.0 Å². The number of aliphatic carboxylic acids is 2. The standard InChI is InChI=1S/C39H63N13O17/c1-16(2)30(37(66)48-21(6-9-26(41)57)34(63)50-24(14-53)32(61)44-13-27(58)46-22(39(68)69)7-10-28(59)60)51-38(67)31(18(4)55)52-35(64)23(11-19-12-43-15-45-19)49-33(62)20(5-8-25(40)56)47-36(65)29(42)17(3)54/h12,15-18,20-24,29-31,53-55H,5-11,13-14,42H2,1-4H3,(H2,40,56)(H2,41,57)(H,43,45)(H,44,61)(H,46,58)(H,47,65)(H,48,66)(H,49,62)(H,50,63)(H,51,67)(H,52,64)(H,59,60)(H,68,69)/t17-,18-,20+,21+,22+,23+,24+,29+,30+,31+/m1/s1. The largest absolute Gasteiger partial charge is 0.481 e. The number of primary amides is 2. The third-order valence-corrected chi connectivity index (χ3v) is 9.89. The Morgan fingerprint density at radius 3 is 1.52 bits per heavy atom. The minimum absolute atomic E-state index is 0.282. The third-order valence-electron chi connectivity index (χ3n) is 9.89. The molecule has 0 fully saturated rings. The maximum atomic E-state index is 13.8. The molecule has 1 aromatic rings. The van der Waals surface area contributed by atoms with Crippen LogP contribution in [0.25, 0.3) is 0 Å². The summed E-state index contributed by atoms with van der Waals surface area (Å²) in [5.74, 6) is -14.2. The molecule has 0 radical (unpaired) electrons. The lowest BCUT2D eigenvalue weighted by atomic mass is 10.0. The Morgan fingerprint density at radius 2 is 1.07 bits per heavy atom. The number of imidazole rings is 1. The van der Waals surface area contributed by atoms with Crippen molar-refractivity contribution in [3.05, 3.63) is 18.2 Å². The minimum Gasteiger partial charge on any atom is -0.481 e. The van der Waals surface area contributed by atoms with Crippen LogP contribution in [0.3, 0.4) is 0 Å². The topological polar surface area (TPSA) is 509 Å². The molecule has 0 aliphatic carbocycles. The lowest BCUT2D eigenvalue weighted by Crippen LogP contribution is -2.63. The fourth-order valence-electron chi connectivity index (χ4n) is 5.92. The number of aliphatic hydroxyl groups is 3. The van der Waals surface area contributed by atoms with E-state index >= 15 is 0 Å². The molecule has 0 unspecified atom stereocenters. The number of carbonyl (C=O) groups excluding carboxylic acids is 10. The molecule has 20 N–H and O–H groups in total. The van der Waals surface area contributed by atoms with Crippen LogP contribution in [0.15, 0.2) is 12.5 Å². The molecule has 30 nitrogen and oxygen atoms in total. The van der Waals surface area contributed by atoms with Crippen molar-refractivity contribution in [2.75, 3.05) is 13.2 Å². The number of hydrogen-bond donors (Lipinski definition) is 17. The minimum atomic E-state index is -1.85. The Bertz CT molecular complexity index is 1980. The number of nitrogens with zero attached hydrogens (tertiary/aromatic N) is 1. The van der Waals surface area contributed by atoms with E-state index in [1.807, 2.05) is 5.32 Å². The number of nitrogens with two attached hydrogens (primary N) is 3. The second-order valence-electron chi connectivity index (χ2n) is 16.1. The molecule has 0 saturated heterocycles. The van der Waals surface area contributed by atoms with Crippen molar-refractivity contribution in [3.63, 3.8) is 0 Å². The molecule has 0 aliphatic rings.